The number of imidazole rings is 1. The summed E-state index contributed by atoms with van der Waals surface area (Å²) in [6.07, 6.45) is -4.10. The molecule has 0 saturated heterocycles. The number of halogens is 4. The van der Waals surface area contributed by atoms with Crippen LogP contribution < -0.4 is 0 Å². The van der Waals surface area contributed by atoms with Crippen LogP contribution in [0.1, 0.15) is 11.4 Å². The lowest BCUT2D eigenvalue weighted by Gasteiger charge is -2.08. The number of carbonyl (C=O) groups excluding carboxylic acids is 1. The molecule has 1 heterocycles. The van der Waals surface area contributed by atoms with Gasteiger partial charge >= 0.3 is 12.1 Å². The van der Waals surface area contributed by atoms with Gasteiger partial charge < -0.3 is 9.30 Å². The smallest absolute Gasteiger partial charge is 0.416 e. The van der Waals surface area contributed by atoms with Crippen LogP contribution in [0.5, 0.6) is 0 Å². The highest BCUT2D eigenvalue weighted by Gasteiger charge is 2.31. The van der Waals surface area contributed by atoms with Gasteiger partial charge in [-0.15, -0.1) is 11.6 Å². The van der Waals surface area contributed by atoms with E-state index in [-0.39, 0.29) is 17.9 Å². The van der Waals surface area contributed by atoms with Gasteiger partial charge in [-0.3, -0.25) is 4.79 Å². The number of aromatic nitrogens is 2. The van der Waals surface area contributed by atoms with Crippen molar-refractivity contribution in [2.45, 2.75) is 19.1 Å². The number of nitrogens with zero attached hydrogens (tertiary/aromatic N) is 2. The van der Waals surface area contributed by atoms with Crippen molar-refractivity contribution >= 4 is 28.6 Å². The second-order valence-electron chi connectivity index (χ2n) is 4.33. The van der Waals surface area contributed by atoms with E-state index in [1.807, 2.05) is 0 Å². The number of esters is 1. The summed E-state index contributed by atoms with van der Waals surface area (Å²) in [7, 11) is 1.24. The van der Waals surface area contributed by atoms with E-state index in [2.05, 4.69) is 9.72 Å². The molecular weight excluding hydrogens is 309 g/mol. The number of alkyl halides is 4. The fraction of sp³-hybridized carbons (Fsp3) is 0.385. The highest BCUT2D eigenvalue weighted by molar-refractivity contribution is 6.17. The number of ether oxygens (including phenoxy) is 1. The molecule has 0 radical (unpaired) electrons. The fourth-order valence-corrected chi connectivity index (χ4v) is 2.17. The molecule has 4 nitrogen and oxygen atoms in total. The minimum absolute atomic E-state index is 0.120. The molecule has 0 unspecified atom stereocenters. The Bertz CT molecular complexity index is 667. The lowest BCUT2D eigenvalue weighted by molar-refractivity contribution is -0.141. The number of fused-ring (bicyclic) bond motifs is 1. The van der Waals surface area contributed by atoms with Gasteiger partial charge in [0.2, 0.25) is 0 Å². The van der Waals surface area contributed by atoms with E-state index < -0.39 is 17.7 Å². The van der Waals surface area contributed by atoms with E-state index in [1.165, 1.54) is 17.7 Å². The second kappa shape index (κ2) is 5.93. The van der Waals surface area contributed by atoms with Gasteiger partial charge in [0.05, 0.1) is 23.7 Å². The Morgan fingerprint density at radius 3 is 2.71 bits per heavy atom. The van der Waals surface area contributed by atoms with Crippen LogP contribution in [-0.2, 0) is 28.7 Å². The zero-order valence-electron chi connectivity index (χ0n) is 11.1. The van der Waals surface area contributed by atoms with E-state index in [0.717, 1.165) is 12.1 Å². The van der Waals surface area contributed by atoms with Crippen molar-refractivity contribution < 1.29 is 22.7 Å². The molecule has 2 rings (SSSR count). The number of methoxy groups -OCH3 is 1. The van der Waals surface area contributed by atoms with E-state index in [0.29, 0.717) is 17.8 Å². The van der Waals surface area contributed by atoms with Crippen LogP contribution in [0.2, 0.25) is 0 Å². The summed E-state index contributed by atoms with van der Waals surface area (Å²) in [5.74, 6) is 0.186. The van der Waals surface area contributed by atoms with Crippen molar-refractivity contribution in [1.82, 2.24) is 9.55 Å². The summed E-state index contributed by atoms with van der Waals surface area (Å²) in [5.41, 5.74) is -0.169. The summed E-state index contributed by atoms with van der Waals surface area (Å²) in [4.78, 5) is 15.6. The lowest BCUT2D eigenvalue weighted by atomic mass is 10.2. The maximum absolute atomic E-state index is 12.7. The normalized spacial score (nSPS) is 11.9. The average Bonchev–Trinajstić information content (AvgIpc) is 2.75. The SMILES string of the molecule is COC(=O)Cn1c(CCCl)nc2cc(C(F)(F)F)ccc21. The van der Waals surface area contributed by atoms with Crippen LogP contribution in [0, 0.1) is 0 Å². The van der Waals surface area contributed by atoms with Crippen molar-refractivity contribution in [3.05, 3.63) is 29.6 Å². The number of aryl methyl sites for hydroxylation is 1. The molecular formula is C13H12ClF3N2O2. The summed E-state index contributed by atoms with van der Waals surface area (Å²) >= 11 is 5.66. The molecule has 0 N–H and O–H groups in total. The third-order valence-corrected chi connectivity index (χ3v) is 3.18. The Morgan fingerprint density at radius 2 is 2.14 bits per heavy atom. The minimum Gasteiger partial charge on any atom is -0.468 e. The Morgan fingerprint density at radius 1 is 1.43 bits per heavy atom. The predicted molar refractivity (Wildman–Crippen MR) is 71.2 cm³/mol. The predicted octanol–water partition coefficient (Wildman–Crippen LogP) is 3.01. The molecule has 0 aliphatic heterocycles. The molecule has 0 saturated carbocycles. The van der Waals surface area contributed by atoms with Gasteiger partial charge in [-0.05, 0) is 18.2 Å². The summed E-state index contributed by atoms with van der Waals surface area (Å²) in [5, 5.41) is 0. The molecule has 0 amide bonds. The third kappa shape index (κ3) is 3.29. The van der Waals surface area contributed by atoms with Crippen LogP contribution in [0.4, 0.5) is 13.2 Å². The zero-order valence-corrected chi connectivity index (χ0v) is 11.8. The van der Waals surface area contributed by atoms with Gasteiger partial charge in [0, 0.05) is 12.3 Å². The van der Waals surface area contributed by atoms with Gasteiger partial charge in [0.25, 0.3) is 0 Å². The van der Waals surface area contributed by atoms with Crippen LogP contribution in [0.25, 0.3) is 11.0 Å². The van der Waals surface area contributed by atoms with Gasteiger partial charge in [-0.1, -0.05) is 0 Å². The largest absolute Gasteiger partial charge is 0.468 e. The Kier molecular flexibility index (Phi) is 4.41. The quantitative estimate of drug-likeness (QED) is 0.642. The Balaban J connectivity index is 2.54. The average molecular weight is 321 g/mol. The molecule has 21 heavy (non-hydrogen) atoms. The number of benzene rings is 1. The van der Waals surface area contributed by atoms with Crippen molar-refractivity contribution in [3.8, 4) is 0 Å². The second-order valence-corrected chi connectivity index (χ2v) is 4.71. The van der Waals surface area contributed by atoms with Gasteiger partial charge in [0.15, 0.2) is 0 Å². The number of hydrogen-bond donors (Lipinski definition) is 0. The van der Waals surface area contributed by atoms with Crippen LogP contribution in [0.15, 0.2) is 18.2 Å². The van der Waals surface area contributed by atoms with Crippen molar-refractivity contribution in [2.24, 2.45) is 0 Å². The standard InChI is InChI=1S/C13H12ClF3N2O2/c1-21-12(20)7-19-10-3-2-8(13(15,16)17)6-9(10)18-11(19)4-5-14/h2-3,6H,4-5,7H2,1H3. The summed E-state index contributed by atoms with van der Waals surface area (Å²) in [6.45, 7) is -0.120. The minimum atomic E-state index is -4.44. The van der Waals surface area contributed by atoms with Crippen LogP contribution >= 0.6 is 11.6 Å². The third-order valence-electron chi connectivity index (χ3n) is 2.99. The Labute approximate surface area is 123 Å². The zero-order chi connectivity index (χ0) is 15.6. The highest BCUT2D eigenvalue weighted by atomic mass is 35.5. The van der Waals surface area contributed by atoms with Crippen molar-refractivity contribution in [2.75, 3.05) is 13.0 Å². The van der Waals surface area contributed by atoms with Crippen LogP contribution in [-0.4, -0.2) is 28.5 Å². The molecule has 2 aromatic rings. The van der Waals surface area contributed by atoms with Crippen molar-refractivity contribution in [1.29, 1.82) is 0 Å². The molecule has 0 fully saturated rings. The molecule has 0 spiro atoms. The molecule has 0 aliphatic rings. The fourth-order valence-electron chi connectivity index (χ4n) is 2.00. The van der Waals surface area contributed by atoms with E-state index in [1.54, 1.807) is 0 Å². The van der Waals surface area contributed by atoms with E-state index in [9.17, 15) is 18.0 Å². The molecule has 0 atom stereocenters. The first-order valence-corrected chi connectivity index (χ1v) is 6.59. The highest BCUT2D eigenvalue weighted by Crippen LogP contribution is 2.31. The molecule has 114 valence electrons. The Hall–Kier alpha value is -1.76. The van der Waals surface area contributed by atoms with Crippen molar-refractivity contribution in [3.63, 3.8) is 0 Å². The number of rotatable bonds is 4. The topological polar surface area (TPSA) is 44.1 Å². The monoisotopic (exact) mass is 320 g/mol. The first-order valence-electron chi connectivity index (χ1n) is 6.06. The van der Waals surface area contributed by atoms with E-state index in [4.69, 9.17) is 11.6 Å². The van der Waals surface area contributed by atoms with Crippen LogP contribution in [0.3, 0.4) is 0 Å². The summed E-state index contributed by atoms with van der Waals surface area (Å²) < 4.78 is 44.2. The maximum atomic E-state index is 12.7. The molecule has 1 aromatic heterocycles. The molecule has 1 aromatic carbocycles. The molecule has 0 aliphatic carbocycles. The first-order chi connectivity index (χ1) is 9.86. The van der Waals surface area contributed by atoms with E-state index >= 15 is 0 Å². The summed E-state index contributed by atoms with van der Waals surface area (Å²) in [6, 6.07) is 3.22. The number of carbonyl (C=O) groups is 1. The van der Waals surface area contributed by atoms with Gasteiger partial charge in [0.1, 0.15) is 12.4 Å². The maximum Gasteiger partial charge on any atom is 0.416 e. The van der Waals surface area contributed by atoms with Gasteiger partial charge in [-0.25, -0.2) is 4.98 Å². The lowest BCUT2D eigenvalue weighted by Crippen LogP contribution is -2.14. The number of hydrogen-bond acceptors (Lipinski definition) is 3. The van der Waals surface area contributed by atoms with Gasteiger partial charge in [-0.2, -0.15) is 13.2 Å². The molecule has 8 heteroatoms. The molecule has 0 bridgehead atoms. The first kappa shape index (κ1) is 15.6.